The van der Waals surface area contributed by atoms with Crippen molar-refractivity contribution in [3.05, 3.63) is 21.9 Å². The second-order valence-corrected chi connectivity index (χ2v) is 5.47. The van der Waals surface area contributed by atoms with E-state index >= 15 is 0 Å². The van der Waals surface area contributed by atoms with Crippen molar-refractivity contribution in [2.45, 2.75) is 19.3 Å². The summed E-state index contributed by atoms with van der Waals surface area (Å²) in [5.41, 5.74) is 0.369. The fourth-order valence-electron chi connectivity index (χ4n) is 2.27. The van der Waals surface area contributed by atoms with Crippen LogP contribution in [0.5, 0.6) is 0 Å². The monoisotopic (exact) mass is 304 g/mol. The summed E-state index contributed by atoms with van der Waals surface area (Å²) in [6.45, 7) is 1.22. The Morgan fingerprint density at radius 1 is 1.47 bits per heavy atom. The van der Waals surface area contributed by atoms with E-state index in [9.17, 15) is 9.59 Å². The zero-order chi connectivity index (χ0) is 14.0. The number of carboxylic acid groups (broad SMARTS) is 1. The quantitative estimate of drug-likeness (QED) is 0.898. The van der Waals surface area contributed by atoms with Gasteiger partial charge in [0.05, 0.1) is 5.02 Å². The molecule has 1 atom stereocenters. The van der Waals surface area contributed by atoms with Gasteiger partial charge in [0.2, 0.25) is 0 Å². The maximum Gasteiger partial charge on any atom is 0.303 e. The van der Waals surface area contributed by atoms with E-state index in [2.05, 4.69) is 4.98 Å². The van der Waals surface area contributed by atoms with Gasteiger partial charge in [-0.1, -0.05) is 23.2 Å². The van der Waals surface area contributed by atoms with Crippen molar-refractivity contribution in [3.8, 4) is 0 Å². The number of aliphatic carboxylic acids is 1. The first kappa shape index (κ1) is 14.2. The van der Waals surface area contributed by atoms with Gasteiger partial charge in [-0.2, -0.15) is 0 Å². The third-order valence-corrected chi connectivity index (χ3v) is 3.99. The van der Waals surface area contributed by atoms with Gasteiger partial charge in [0.1, 0.15) is 10.8 Å². The van der Waals surface area contributed by atoms with E-state index in [0.29, 0.717) is 30.2 Å². The third-order valence-electron chi connectivity index (χ3n) is 3.30. The van der Waals surface area contributed by atoms with Crippen molar-refractivity contribution < 1.29 is 14.7 Å². The van der Waals surface area contributed by atoms with E-state index in [-0.39, 0.29) is 23.4 Å². The molecule has 1 amide bonds. The molecule has 0 aromatic carbocycles. The lowest BCUT2D eigenvalue weighted by molar-refractivity contribution is -0.137. The minimum atomic E-state index is -0.798. The maximum atomic E-state index is 12.2. The Hall–Kier alpha value is -1.20. The number of aromatic nitrogens is 1. The molecule has 19 heavy (non-hydrogen) atoms. The number of aromatic amines is 1. The first-order valence-corrected chi connectivity index (χ1v) is 6.78. The Bertz CT molecular complexity index is 482. The standard InChI is InChI=1S/C12H14Cl2N2O3/c13-8-5-9(15-11(8)14)12(19)16-4-3-7(6-16)1-2-10(17)18/h5,7,15H,1-4,6H2,(H,17,18). The molecule has 2 rings (SSSR count). The van der Waals surface area contributed by atoms with E-state index in [0.717, 1.165) is 6.42 Å². The Morgan fingerprint density at radius 3 is 2.79 bits per heavy atom. The predicted molar refractivity (Wildman–Crippen MR) is 71.7 cm³/mol. The number of amides is 1. The molecule has 1 aliphatic heterocycles. The molecule has 2 heterocycles. The van der Waals surface area contributed by atoms with Gasteiger partial charge in [0, 0.05) is 19.5 Å². The van der Waals surface area contributed by atoms with Crippen LogP contribution in [0.15, 0.2) is 6.07 Å². The maximum absolute atomic E-state index is 12.2. The van der Waals surface area contributed by atoms with Crippen LogP contribution in [-0.4, -0.2) is 40.0 Å². The van der Waals surface area contributed by atoms with Crippen LogP contribution < -0.4 is 0 Å². The summed E-state index contributed by atoms with van der Waals surface area (Å²) < 4.78 is 0. The lowest BCUT2D eigenvalue weighted by Gasteiger charge is -2.15. The highest BCUT2D eigenvalue weighted by atomic mass is 35.5. The highest BCUT2D eigenvalue weighted by Crippen LogP contribution is 2.26. The van der Waals surface area contributed by atoms with Crippen molar-refractivity contribution in [3.63, 3.8) is 0 Å². The summed E-state index contributed by atoms with van der Waals surface area (Å²) in [6.07, 6.45) is 1.58. The zero-order valence-electron chi connectivity index (χ0n) is 10.2. The normalized spacial score (nSPS) is 18.8. The molecule has 0 spiro atoms. The van der Waals surface area contributed by atoms with Crippen molar-refractivity contribution in [1.82, 2.24) is 9.88 Å². The molecule has 104 valence electrons. The average molecular weight is 305 g/mol. The number of carboxylic acids is 1. The van der Waals surface area contributed by atoms with Crippen molar-refractivity contribution >= 4 is 35.1 Å². The highest BCUT2D eigenvalue weighted by molar-refractivity contribution is 6.41. The Labute approximate surface area is 120 Å². The molecular weight excluding hydrogens is 291 g/mol. The third kappa shape index (κ3) is 3.42. The van der Waals surface area contributed by atoms with Gasteiger partial charge in [-0.05, 0) is 24.8 Å². The summed E-state index contributed by atoms with van der Waals surface area (Å²) in [7, 11) is 0. The van der Waals surface area contributed by atoms with Crippen LogP contribution in [0.3, 0.4) is 0 Å². The minimum Gasteiger partial charge on any atom is -0.481 e. The van der Waals surface area contributed by atoms with Gasteiger partial charge in [0.15, 0.2) is 0 Å². The molecular formula is C12H14Cl2N2O3. The molecule has 1 unspecified atom stereocenters. The molecule has 1 fully saturated rings. The van der Waals surface area contributed by atoms with Gasteiger partial charge < -0.3 is 15.0 Å². The Balaban J connectivity index is 1.93. The molecule has 1 aliphatic rings. The number of H-pyrrole nitrogens is 1. The molecule has 0 saturated carbocycles. The van der Waals surface area contributed by atoms with Crippen LogP contribution in [0.2, 0.25) is 10.2 Å². The van der Waals surface area contributed by atoms with E-state index in [1.54, 1.807) is 4.90 Å². The van der Waals surface area contributed by atoms with E-state index in [1.807, 2.05) is 0 Å². The first-order valence-electron chi connectivity index (χ1n) is 6.02. The van der Waals surface area contributed by atoms with Crippen LogP contribution >= 0.6 is 23.2 Å². The summed E-state index contributed by atoms with van der Waals surface area (Å²) in [5, 5.41) is 9.23. The summed E-state index contributed by atoms with van der Waals surface area (Å²) >= 11 is 11.6. The van der Waals surface area contributed by atoms with Gasteiger partial charge in [0.25, 0.3) is 5.91 Å². The minimum absolute atomic E-state index is 0.146. The largest absolute Gasteiger partial charge is 0.481 e. The highest BCUT2D eigenvalue weighted by Gasteiger charge is 2.28. The Morgan fingerprint density at radius 2 is 2.21 bits per heavy atom. The van der Waals surface area contributed by atoms with Crippen LogP contribution in [0.25, 0.3) is 0 Å². The van der Waals surface area contributed by atoms with Crippen molar-refractivity contribution in [2.24, 2.45) is 5.92 Å². The van der Waals surface area contributed by atoms with Crippen molar-refractivity contribution in [1.29, 1.82) is 0 Å². The number of hydrogen-bond donors (Lipinski definition) is 2. The smallest absolute Gasteiger partial charge is 0.303 e. The van der Waals surface area contributed by atoms with Gasteiger partial charge in [-0.25, -0.2) is 0 Å². The number of likely N-dealkylation sites (tertiary alicyclic amines) is 1. The number of rotatable bonds is 4. The number of carbonyl (C=O) groups excluding carboxylic acids is 1. The predicted octanol–water partition coefficient (Wildman–Crippen LogP) is 2.65. The number of nitrogens with zero attached hydrogens (tertiary/aromatic N) is 1. The molecule has 0 aliphatic carbocycles. The van der Waals surface area contributed by atoms with Gasteiger partial charge >= 0.3 is 5.97 Å². The van der Waals surface area contributed by atoms with Crippen molar-refractivity contribution in [2.75, 3.05) is 13.1 Å². The fourth-order valence-corrected chi connectivity index (χ4v) is 2.58. The van der Waals surface area contributed by atoms with Gasteiger partial charge in [-0.15, -0.1) is 0 Å². The lowest BCUT2D eigenvalue weighted by atomic mass is 10.0. The number of hydrogen-bond acceptors (Lipinski definition) is 2. The molecule has 5 nitrogen and oxygen atoms in total. The zero-order valence-corrected chi connectivity index (χ0v) is 11.7. The van der Waals surface area contributed by atoms with Crippen LogP contribution in [0, 0.1) is 5.92 Å². The molecule has 0 radical (unpaired) electrons. The van der Waals surface area contributed by atoms with E-state index in [1.165, 1.54) is 6.07 Å². The number of carbonyl (C=O) groups is 2. The summed E-state index contributed by atoms with van der Waals surface area (Å²) in [6, 6.07) is 1.51. The van der Waals surface area contributed by atoms with Gasteiger partial charge in [-0.3, -0.25) is 9.59 Å². The fraction of sp³-hybridized carbons (Fsp3) is 0.500. The van der Waals surface area contributed by atoms with Crippen LogP contribution in [-0.2, 0) is 4.79 Å². The number of halogens is 2. The summed E-state index contributed by atoms with van der Waals surface area (Å²) in [4.78, 5) is 27.1. The Kier molecular flexibility index (Phi) is 4.37. The molecule has 0 bridgehead atoms. The summed E-state index contributed by atoms with van der Waals surface area (Å²) in [5.74, 6) is -0.694. The van der Waals surface area contributed by atoms with Crippen LogP contribution in [0.1, 0.15) is 29.8 Å². The van der Waals surface area contributed by atoms with E-state index < -0.39 is 5.97 Å². The molecule has 1 aromatic rings. The second-order valence-electron chi connectivity index (χ2n) is 4.68. The molecule has 2 N–H and O–H groups in total. The second kappa shape index (κ2) is 5.84. The molecule has 7 heteroatoms. The van der Waals surface area contributed by atoms with E-state index in [4.69, 9.17) is 28.3 Å². The molecule has 1 aromatic heterocycles. The lowest BCUT2D eigenvalue weighted by Crippen LogP contribution is -2.29. The van der Waals surface area contributed by atoms with Crippen LogP contribution in [0.4, 0.5) is 0 Å². The topological polar surface area (TPSA) is 73.4 Å². The number of nitrogens with one attached hydrogen (secondary N) is 1. The average Bonchev–Trinajstić information content (AvgIpc) is 2.94. The molecule has 1 saturated heterocycles. The first-order chi connectivity index (χ1) is 8.97. The SMILES string of the molecule is O=C(O)CCC1CCN(C(=O)c2cc(Cl)c(Cl)[nH]2)C1.